The van der Waals surface area contributed by atoms with Gasteiger partial charge in [0.15, 0.2) is 11.5 Å². The van der Waals surface area contributed by atoms with Gasteiger partial charge in [-0.1, -0.05) is 19.9 Å². The fourth-order valence-corrected chi connectivity index (χ4v) is 3.44. The van der Waals surface area contributed by atoms with Gasteiger partial charge in [0.1, 0.15) is 6.10 Å². The largest absolute Gasteiger partial charge is 0.493 e. The third-order valence-corrected chi connectivity index (χ3v) is 4.90. The molecule has 1 aliphatic rings. The molecule has 140 valence electrons. The number of hydrogen-bond acceptors (Lipinski definition) is 5. The molecule has 0 saturated carbocycles. The molecule has 1 saturated heterocycles. The first-order valence-corrected chi connectivity index (χ1v) is 8.86. The zero-order valence-electron chi connectivity index (χ0n) is 15.5. The second-order valence-corrected chi connectivity index (χ2v) is 6.20. The molecule has 1 aromatic rings. The average molecular weight is 351 g/mol. The molecule has 1 aliphatic heterocycles. The van der Waals surface area contributed by atoms with Crippen LogP contribution in [0.2, 0.25) is 0 Å². The van der Waals surface area contributed by atoms with Crippen molar-refractivity contribution in [1.29, 1.82) is 0 Å². The van der Waals surface area contributed by atoms with E-state index in [0.29, 0.717) is 24.7 Å². The number of amides is 1. The second kappa shape index (κ2) is 9.06. The van der Waals surface area contributed by atoms with Gasteiger partial charge < -0.3 is 24.2 Å². The van der Waals surface area contributed by atoms with Crippen molar-refractivity contribution in [2.75, 3.05) is 34.0 Å². The van der Waals surface area contributed by atoms with E-state index in [1.54, 1.807) is 14.2 Å². The Bertz CT molecular complexity index is 573. The SMILES string of the molecule is CCC(CC)C(=O)N1CCO[C@H](CO)[C@H]1c1ccc(OC)c(OC)c1. The minimum absolute atomic E-state index is 0.0138. The summed E-state index contributed by atoms with van der Waals surface area (Å²) in [5, 5.41) is 9.78. The first-order chi connectivity index (χ1) is 12.1. The summed E-state index contributed by atoms with van der Waals surface area (Å²) in [4.78, 5) is 14.9. The topological polar surface area (TPSA) is 68.2 Å². The molecule has 2 atom stereocenters. The predicted molar refractivity (Wildman–Crippen MR) is 94.9 cm³/mol. The number of benzene rings is 1. The molecule has 2 rings (SSSR count). The minimum Gasteiger partial charge on any atom is -0.493 e. The van der Waals surface area contributed by atoms with Crippen LogP contribution in [0.3, 0.4) is 0 Å². The predicted octanol–water partition coefficient (Wildman–Crippen LogP) is 2.40. The molecule has 1 aromatic carbocycles. The molecule has 6 heteroatoms. The van der Waals surface area contributed by atoms with Crippen LogP contribution in [0.25, 0.3) is 0 Å². The summed E-state index contributed by atoms with van der Waals surface area (Å²) in [6.45, 7) is 4.86. The molecule has 0 radical (unpaired) electrons. The Balaban J connectivity index is 2.41. The molecule has 0 unspecified atom stereocenters. The summed E-state index contributed by atoms with van der Waals surface area (Å²) in [7, 11) is 3.16. The number of nitrogens with zero attached hydrogens (tertiary/aromatic N) is 1. The maximum atomic E-state index is 13.0. The number of ether oxygens (including phenoxy) is 3. The monoisotopic (exact) mass is 351 g/mol. The molecule has 1 N–H and O–H groups in total. The van der Waals surface area contributed by atoms with Crippen molar-refractivity contribution in [3.05, 3.63) is 23.8 Å². The van der Waals surface area contributed by atoms with Crippen molar-refractivity contribution in [1.82, 2.24) is 4.90 Å². The number of hydrogen-bond donors (Lipinski definition) is 1. The van der Waals surface area contributed by atoms with Gasteiger partial charge in [0.25, 0.3) is 0 Å². The van der Waals surface area contributed by atoms with Crippen LogP contribution in [-0.2, 0) is 9.53 Å². The summed E-state index contributed by atoms with van der Waals surface area (Å²) < 4.78 is 16.4. The third-order valence-electron chi connectivity index (χ3n) is 4.90. The molecular weight excluding hydrogens is 322 g/mol. The summed E-state index contributed by atoms with van der Waals surface area (Å²) in [5.41, 5.74) is 0.871. The van der Waals surface area contributed by atoms with Crippen molar-refractivity contribution < 1.29 is 24.1 Å². The van der Waals surface area contributed by atoms with Gasteiger partial charge in [-0.25, -0.2) is 0 Å². The Labute approximate surface area is 149 Å². The van der Waals surface area contributed by atoms with Gasteiger partial charge in [-0.05, 0) is 30.5 Å². The van der Waals surface area contributed by atoms with E-state index in [9.17, 15) is 9.90 Å². The quantitative estimate of drug-likeness (QED) is 0.817. The highest BCUT2D eigenvalue weighted by molar-refractivity contribution is 5.79. The normalized spacial score (nSPS) is 20.6. The third kappa shape index (κ3) is 4.07. The Hall–Kier alpha value is -1.79. The number of aliphatic hydroxyl groups is 1. The highest BCUT2D eigenvalue weighted by atomic mass is 16.5. The van der Waals surface area contributed by atoms with E-state index in [1.165, 1.54) is 0 Å². The zero-order chi connectivity index (χ0) is 18.4. The Morgan fingerprint density at radius 3 is 2.52 bits per heavy atom. The Morgan fingerprint density at radius 2 is 1.96 bits per heavy atom. The number of morpholine rings is 1. The number of rotatable bonds is 7. The molecular formula is C19H29NO5. The standard InChI is InChI=1S/C19H29NO5/c1-5-13(6-2)19(22)20-9-10-25-17(12-21)18(20)14-7-8-15(23-3)16(11-14)24-4/h7-8,11,13,17-18,21H,5-6,9-10,12H2,1-4H3/t17-,18-/m1/s1. The first kappa shape index (κ1) is 19.5. The van der Waals surface area contributed by atoms with Crippen molar-refractivity contribution in [2.24, 2.45) is 5.92 Å². The smallest absolute Gasteiger partial charge is 0.226 e. The summed E-state index contributed by atoms with van der Waals surface area (Å²) >= 11 is 0. The van der Waals surface area contributed by atoms with Crippen LogP contribution in [0.15, 0.2) is 18.2 Å². The number of aliphatic hydroxyl groups excluding tert-OH is 1. The number of methoxy groups -OCH3 is 2. The fourth-order valence-electron chi connectivity index (χ4n) is 3.44. The molecule has 0 aromatic heterocycles. The van der Waals surface area contributed by atoms with E-state index < -0.39 is 6.10 Å². The lowest BCUT2D eigenvalue weighted by Crippen LogP contribution is -2.51. The zero-order valence-corrected chi connectivity index (χ0v) is 15.5. The van der Waals surface area contributed by atoms with E-state index >= 15 is 0 Å². The minimum atomic E-state index is -0.454. The highest BCUT2D eigenvalue weighted by Crippen LogP contribution is 2.36. The van der Waals surface area contributed by atoms with E-state index in [0.717, 1.165) is 18.4 Å². The summed E-state index contributed by atoms with van der Waals surface area (Å²) in [6, 6.07) is 5.23. The molecule has 0 spiro atoms. The molecule has 1 heterocycles. The molecule has 6 nitrogen and oxygen atoms in total. The van der Waals surface area contributed by atoms with Crippen LogP contribution in [-0.4, -0.2) is 56.0 Å². The van der Waals surface area contributed by atoms with Crippen LogP contribution in [0.4, 0.5) is 0 Å². The van der Waals surface area contributed by atoms with Gasteiger partial charge >= 0.3 is 0 Å². The average Bonchev–Trinajstić information content (AvgIpc) is 2.67. The molecule has 0 bridgehead atoms. The maximum Gasteiger partial charge on any atom is 0.226 e. The van der Waals surface area contributed by atoms with Crippen molar-refractivity contribution in [3.63, 3.8) is 0 Å². The van der Waals surface area contributed by atoms with E-state index in [1.807, 2.05) is 36.9 Å². The van der Waals surface area contributed by atoms with Gasteiger partial charge in [0, 0.05) is 12.5 Å². The van der Waals surface area contributed by atoms with Crippen molar-refractivity contribution in [3.8, 4) is 11.5 Å². The Morgan fingerprint density at radius 1 is 1.28 bits per heavy atom. The van der Waals surface area contributed by atoms with Crippen molar-refractivity contribution >= 4 is 5.91 Å². The van der Waals surface area contributed by atoms with Crippen molar-refractivity contribution in [2.45, 2.75) is 38.8 Å². The van der Waals surface area contributed by atoms with Crippen LogP contribution >= 0.6 is 0 Å². The molecule has 1 fully saturated rings. The van der Waals surface area contributed by atoms with E-state index in [-0.39, 0.29) is 24.5 Å². The maximum absolute atomic E-state index is 13.0. The lowest BCUT2D eigenvalue weighted by atomic mass is 9.94. The lowest BCUT2D eigenvalue weighted by Gasteiger charge is -2.42. The highest BCUT2D eigenvalue weighted by Gasteiger charge is 2.38. The second-order valence-electron chi connectivity index (χ2n) is 6.20. The van der Waals surface area contributed by atoms with Gasteiger partial charge in [-0.2, -0.15) is 0 Å². The summed E-state index contributed by atoms with van der Waals surface area (Å²) in [5.74, 6) is 1.32. The van der Waals surface area contributed by atoms with Crippen LogP contribution in [0.1, 0.15) is 38.3 Å². The van der Waals surface area contributed by atoms with E-state index in [4.69, 9.17) is 14.2 Å². The fraction of sp³-hybridized carbons (Fsp3) is 0.632. The number of carbonyl (C=O) groups is 1. The van der Waals surface area contributed by atoms with Gasteiger partial charge in [0.2, 0.25) is 5.91 Å². The molecule has 1 amide bonds. The van der Waals surface area contributed by atoms with E-state index in [2.05, 4.69) is 0 Å². The van der Waals surface area contributed by atoms with Crippen LogP contribution in [0.5, 0.6) is 11.5 Å². The molecule has 25 heavy (non-hydrogen) atoms. The first-order valence-electron chi connectivity index (χ1n) is 8.86. The number of carbonyl (C=O) groups excluding carboxylic acids is 1. The Kier molecular flexibility index (Phi) is 7.08. The van der Waals surface area contributed by atoms with Gasteiger partial charge in [-0.15, -0.1) is 0 Å². The van der Waals surface area contributed by atoms with Gasteiger partial charge in [0.05, 0.1) is 33.5 Å². The van der Waals surface area contributed by atoms with Crippen LogP contribution in [0, 0.1) is 5.92 Å². The summed E-state index contributed by atoms with van der Waals surface area (Å²) in [6.07, 6.45) is 1.15. The lowest BCUT2D eigenvalue weighted by molar-refractivity contribution is -0.154. The molecule has 0 aliphatic carbocycles. The van der Waals surface area contributed by atoms with Crippen LogP contribution < -0.4 is 9.47 Å². The van der Waals surface area contributed by atoms with Gasteiger partial charge in [-0.3, -0.25) is 4.79 Å².